The Kier molecular flexibility index (Phi) is 7.04. The van der Waals surface area contributed by atoms with Crippen LogP contribution in [0.5, 0.6) is 0 Å². The van der Waals surface area contributed by atoms with Gasteiger partial charge in [0.1, 0.15) is 0 Å². The average Bonchev–Trinajstić information content (AvgIpc) is 2.44. The standard InChI is InChI=1S/C15H24N2O3/c1-4-9-16-14-8-6-5-7-13(14)15(19)17(2)10-12(18)11-20-3/h5-8,12,16,18H,4,9-11H2,1-3H3. The fourth-order valence-corrected chi connectivity index (χ4v) is 1.93. The van der Waals surface area contributed by atoms with E-state index < -0.39 is 6.10 Å². The quantitative estimate of drug-likeness (QED) is 0.759. The summed E-state index contributed by atoms with van der Waals surface area (Å²) in [5.41, 5.74) is 1.44. The maximum absolute atomic E-state index is 12.4. The van der Waals surface area contributed by atoms with Crippen LogP contribution < -0.4 is 5.32 Å². The van der Waals surface area contributed by atoms with Gasteiger partial charge in [0.15, 0.2) is 0 Å². The van der Waals surface area contributed by atoms with E-state index in [2.05, 4.69) is 12.2 Å². The van der Waals surface area contributed by atoms with Gasteiger partial charge in [0.2, 0.25) is 0 Å². The number of anilines is 1. The molecule has 0 aliphatic rings. The molecule has 0 aliphatic heterocycles. The largest absolute Gasteiger partial charge is 0.389 e. The summed E-state index contributed by atoms with van der Waals surface area (Å²) < 4.78 is 4.87. The molecule has 0 radical (unpaired) electrons. The van der Waals surface area contributed by atoms with E-state index in [1.54, 1.807) is 13.1 Å². The molecule has 0 fully saturated rings. The molecule has 1 aromatic carbocycles. The van der Waals surface area contributed by atoms with Gasteiger partial charge in [-0.15, -0.1) is 0 Å². The summed E-state index contributed by atoms with van der Waals surface area (Å²) in [4.78, 5) is 13.9. The summed E-state index contributed by atoms with van der Waals surface area (Å²) in [5.74, 6) is -0.112. The van der Waals surface area contributed by atoms with Crippen LogP contribution in [-0.4, -0.2) is 55.9 Å². The van der Waals surface area contributed by atoms with Gasteiger partial charge in [-0.05, 0) is 18.6 Å². The minimum Gasteiger partial charge on any atom is -0.389 e. The van der Waals surface area contributed by atoms with Crippen molar-refractivity contribution in [1.82, 2.24) is 4.90 Å². The Bertz CT molecular complexity index is 423. The number of hydrogen-bond acceptors (Lipinski definition) is 4. The first-order valence-corrected chi connectivity index (χ1v) is 6.85. The summed E-state index contributed by atoms with van der Waals surface area (Å²) in [6, 6.07) is 7.42. The zero-order valence-electron chi connectivity index (χ0n) is 12.4. The molecule has 1 aromatic rings. The number of aliphatic hydroxyl groups excluding tert-OH is 1. The predicted molar refractivity (Wildman–Crippen MR) is 80.1 cm³/mol. The van der Waals surface area contributed by atoms with Crippen molar-refractivity contribution in [3.05, 3.63) is 29.8 Å². The van der Waals surface area contributed by atoms with Gasteiger partial charge in [-0.1, -0.05) is 19.1 Å². The van der Waals surface area contributed by atoms with Gasteiger partial charge in [-0.25, -0.2) is 0 Å². The molecule has 0 saturated carbocycles. The van der Waals surface area contributed by atoms with E-state index in [1.807, 2.05) is 18.2 Å². The molecule has 0 heterocycles. The first-order chi connectivity index (χ1) is 9.60. The molecule has 0 aliphatic carbocycles. The summed E-state index contributed by atoms with van der Waals surface area (Å²) in [6.45, 7) is 3.35. The lowest BCUT2D eigenvalue weighted by Crippen LogP contribution is -2.36. The number of carbonyl (C=O) groups excluding carboxylic acids is 1. The Balaban J connectivity index is 2.75. The third-order valence-electron chi connectivity index (χ3n) is 2.91. The molecule has 0 saturated heterocycles. The zero-order chi connectivity index (χ0) is 15.0. The van der Waals surface area contributed by atoms with E-state index in [9.17, 15) is 9.90 Å². The zero-order valence-corrected chi connectivity index (χ0v) is 12.4. The van der Waals surface area contributed by atoms with Crippen LogP contribution in [-0.2, 0) is 4.74 Å². The van der Waals surface area contributed by atoms with Crippen molar-refractivity contribution in [3.8, 4) is 0 Å². The van der Waals surface area contributed by atoms with Crippen molar-refractivity contribution >= 4 is 11.6 Å². The van der Waals surface area contributed by atoms with Crippen molar-refractivity contribution in [1.29, 1.82) is 0 Å². The van der Waals surface area contributed by atoms with Crippen LogP contribution in [0.15, 0.2) is 24.3 Å². The number of para-hydroxylation sites is 1. The Morgan fingerprint density at radius 3 is 2.80 bits per heavy atom. The molecule has 1 atom stereocenters. The Morgan fingerprint density at radius 1 is 1.45 bits per heavy atom. The number of amides is 1. The lowest BCUT2D eigenvalue weighted by molar-refractivity contribution is 0.0380. The molecule has 0 spiro atoms. The molecule has 0 aromatic heterocycles. The molecule has 1 rings (SSSR count). The molecule has 2 N–H and O–H groups in total. The number of benzene rings is 1. The number of hydrogen-bond donors (Lipinski definition) is 2. The van der Waals surface area contributed by atoms with Gasteiger partial charge < -0.3 is 20.1 Å². The number of ether oxygens (including phenoxy) is 1. The van der Waals surface area contributed by atoms with E-state index in [-0.39, 0.29) is 19.1 Å². The van der Waals surface area contributed by atoms with Crippen LogP contribution in [0.4, 0.5) is 5.69 Å². The first kappa shape index (κ1) is 16.5. The second-order valence-corrected chi connectivity index (χ2v) is 4.77. The maximum atomic E-state index is 12.4. The number of methoxy groups -OCH3 is 1. The molecule has 5 nitrogen and oxygen atoms in total. The normalized spacial score (nSPS) is 12.0. The third-order valence-corrected chi connectivity index (χ3v) is 2.91. The second kappa shape index (κ2) is 8.55. The Labute approximate surface area is 120 Å². The highest BCUT2D eigenvalue weighted by Gasteiger charge is 2.17. The van der Waals surface area contributed by atoms with Crippen molar-refractivity contribution in [2.45, 2.75) is 19.4 Å². The van der Waals surface area contributed by atoms with Gasteiger partial charge in [0.05, 0.1) is 18.3 Å². The fourth-order valence-electron chi connectivity index (χ4n) is 1.93. The van der Waals surface area contributed by atoms with Crippen molar-refractivity contribution in [3.63, 3.8) is 0 Å². The number of rotatable bonds is 8. The van der Waals surface area contributed by atoms with E-state index in [0.29, 0.717) is 5.56 Å². The van der Waals surface area contributed by atoms with Gasteiger partial charge in [-0.2, -0.15) is 0 Å². The summed E-state index contributed by atoms with van der Waals surface area (Å²) in [7, 11) is 3.20. The van der Waals surface area contributed by atoms with E-state index >= 15 is 0 Å². The van der Waals surface area contributed by atoms with Gasteiger partial charge in [0.25, 0.3) is 5.91 Å². The Morgan fingerprint density at radius 2 is 2.15 bits per heavy atom. The molecule has 1 amide bonds. The lowest BCUT2D eigenvalue weighted by atomic mass is 10.1. The molecular weight excluding hydrogens is 256 g/mol. The molecule has 5 heteroatoms. The monoisotopic (exact) mass is 280 g/mol. The van der Waals surface area contributed by atoms with E-state index in [4.69, 9.17) is 4.74 Å². The fraction of sp³-hybridized carbons (Fsp3) is 0.533. The number of aliphatic hydroxyl groups is 1. The van der Waals surface area contributed by atoms with E-state index in [1.165, 1.54) is 12.0 Å². The molecule has 20 heavy (non-hydrogen) atoms. The highest BCUT2D eigenvalue weighted by molar-refractivity contribution is 5.99. The first-order valence-electron chi connectivity index (χ1n) is 6.85. The van der Waals surface area contributed by atoms with Crippen LogP contribution in [0.25, 0.3) is 0 Å². The van der Waals surface area contributed by atoms with Crippen molar-refractivity contribution < 1.29 is 14.6 Å². The highest BCUT2D eigenvalue weighted by atomic mass is 16.5. The highest BCUT2D eigenvalue weighted by Crippen LogP contribution is 2.17. The van der Waals surface area contributed by atoms with E-state index in [0.717, 1.165) is 18.7 Å². The van der Waals surface area contributed by atoms with Crippen LogP contribution >= 0.6 is 0 Å². The maximum Gasteiger partial charge on any atom is 0.255 e. The minimum absolute atomic E-state index is 0.112. The number of likely N-dealkylation sites (N-methyl/N-ethyl adjacent to an activating group) is 1. The summed E-state index contributed by atoms with van der Waals surface area (Å²) in [5, 5.41) is 12.9. The van der Waals surface area contributed by atoms with Crippen LogP contribution in [0.2, 0.25) is 0 Å². The van der Waals surface area contributed by atoms with Gasteiger partial charge >= 0.3 is 0 Å². The van der Waals surface area contributed by atoms with Gasteiger partial charge in [-0.3, -0.25) is 4.79 Å². The van der Waals surface area contributed by atoms with Crippen molar-refractivity contribution in [2.75, 3.05) is 39.2 Å². The summed E-state index contributed by atoms with van der Waals surface area (Å²) in [6.07, 6.45) is 0.315. The molecule has 1 unspecified atom stereocenters. The second-order valence-electron chi connectivity index (χ2n) is 4.77. The molecular formula is C15H24N2O3. The minimum atomic E-state index is -0.676. The summed E-state index contributed by atoms with van der Waals surface area (Å²) >= 11 is 0. The topological polar surface area (TPSA) is 61.8 Å². The Hall–Kier alpha value is -1.59. The molecule has 112 valence electrons. The predicted octanol–water partition coefficient (Wildman–Crippen LogP) is 1.59. The molecule has 0 bridgehead atoms. The number of carbonyl (C=O) groups is 1. The third kappa shape index (κ3) is 4.83. The van der Waals surface area contributed by atoms with Gasteiger partial charge in [0, 0.05) is 32.9 Å². The number of nitrogens with one attached hydrogen (secondary N) is 1. The SMILES string of the molecule is CCCNc1ccccc1C(=O)N(C)CC(O)COC. The smallest absolute Gasteiger partial charge is 0.255 e. The lowest BCUT2D eigenvalue weighted by Gasteiger charge is -2.22. The van der Waals surface area contributed by atoms with Crippen molar-refractivity contribution in [2.24, 2.45) is 0 Å². The van der Waals surface area contributed by atoms with Crippen LogP contribution in [0.1, 0.15) is 23.7 Å². The average molecular weight is 280 g/mol. The van der Waals surface area contributed by atoms with Crippen LogP contribution in [0, 0.1) is 0 Å². The van der Waals surface area contributed by atoms with Crippen LogP contribution in [0.3, 0.4) is 0 Å². The number of nitrogens with zero attached hydrogens (tertiary/aromatic N) is 1.